The number of alkyl halides is 2. The van der Waals surface area contributed by atoms with Crippen molar-refractivity contribution in [3.63, 3.8) is 0 Å². The Labute approximate surface area is 186 Å². The van der Waals surface area contributed by atoms with Gasteiger partial charge in [0.05, 0.1) is 26.4 Å². The molecule has 3 rings (SSSR count). The average molecular weight is 453 g/mol. The van der Waals surface area contributed by atoms with Crippen LogP contribution in [0.2, 0.25) is 0 Å². The molecule has 1 atom stereocenters. The van der Waals surface area contributed by atoms with Crippen molar-refractivity contribution in [1.82, 2.24) is 4.90 Å². The number of ether oxygens (including phenoxy) is 3. The highest BCUT2D eigenvalue weighted by molar-refractivity contribution is 6.01. The van der Waals surface area contributed by atoms with Crippen molar-refractivity contribution in [3.8, 4) is 0 Å². The van der Waals surface area contributed by atoms with E-state index in [1.807, 2.05) is 0 Å². The van der Waals surface area contributed by atoms with Gasteiger partial charge in [-0.3, -0.25) is 14.4 Å². The molecule has 1 fully saturated rings. The lowest BCUT2D eigenvalue weighted by atomic mass is 9.65. The quantitative estimate of drug-likeness (QED) is 0.467. The van der Waals surface area contributed by atoms with Crippen LogP contribution in [0.25, 0.3) is 0 Å². The first-order valence-electron chi connectivity index (χ1n) is 10.9. The monoisotopic (exact) mass is 453 g/mol. The van der Waals surface area contributed by atoms with Crippen molar-refractivity contribution in [3.05, 3.63) is 35.4 Å². The van der Waals surface area contributed by atoms with Gasteiger partial charge in [0.15, 0.2) is 5.41 Å². The van der Waals surface area contributed by atoms with Gasteiger partial charge in [0, 0.05) is 19.5 Å². The summed E-state index contributed by atoms with van der Waals surface area (Å²) in [5.74, 6) is -7.42. The van der Waals surface area contributed by atoms with Crippen molar-refractivity contribution in [2.24, 2.45) is 5.41 Å². The van der Waals surface area contributed by atoms with E-state index < -0.39 is 41.5 Å². The Bertz CT molecular complexity index is 835. The third-order valence-corrected chi connectivity index (χ3v) is 6.03. The number of carbonyl (C=O) groups excluding carboxylic acids is 3. The van der Waals surface area contributed by atoms with Crippen LogP contribution in [-0.4, -0.2) is 68.2 Å². The zero-order valence-electron chi connectivity index (χ0n) is 18.4. The molecule has 0 radical (unpaired) electrons. The standard InChI is InChI=1S/C23H29F2NO6/c1-3-31-20(28)22(21(29)32-4-2)13-16-7-5-6-8-18(16)17(14-22)15-23(24,25)19(27)26-9-11-30-12-10-26/h5-8,17H,3-4,9-15H2,1-2H3. The van der Waals surface area contributed by atoms with Gasteiger partial charge in [-0.25, -0.2) is 0 Å². The fourth-order valence-corrected chi connectivity index (χ4v) is 4.53. The number of benzene rings is 1. The van der Waals surface area contributed by atoms with E-state index in [1.54, 1.807) is 38.1 Å². The van der Waals surface area contributed by atoms with E-state index >= 15 is 8.78 Å². The van der Waals surface area contributed by atoms with Gasteiger partial charge in [0.1, 0.15) is 0 Å². The lowest BCUT2D eigenvalue weighted by Crippen LogP contribution is -2.51. The van der Waals surface area contributed by atoms with Crippen molar-refractivity contribution in [2.75, 3.05) is 39.5 Å². The molecule has 0 bridgehead atoms. The summed E-state index contributed by atoms with van der Waals surface area (Å²) in [6, 6.07) is 6.85. The van der Waals surface area contributed by atoms with Crippen LogP contribution in [0.15, 0.2) is 24.3 Å². The number of nitrogens with zero attached hydrogens (tertiary/aromatic N) is 1. The first-order valence-corrected chi connectivity index (χ1v) is 10.9. The second kappa shape index (κ2) is 9.94. The van der Waals surface area contributed by atoms with Crippen LogP contribution < -0.4 is 0 Å². The van der Waals surface area contributed by atoms with Gasteiger partial charge in [-0.1, -0.05) is 24.3 Å². The van der Waals surface area contributed by atoms with Crippen molar-refractivity contribution in [1.29, 1.82) is 0 Å². The van der Waals surface area contributed by atoms with Crippen LogP contribution in [0.1, 0.15) is 43.7 Å². The molecular formula is C23H29F2NO6. The Balaban J connectivity index is 1.95. The van der Waals surface area contributed by atoms with E-state index in [1.165, 1.54) is 0 Å². The Morgan fingerprint density at radius 2 is 1.69 bits per heavy atom. The summed E-state index contributed by atoms with van der Waals surface area (Å²) < 4.78 is 45.8. The molecule has 32 heavy (non-hydrogen) atoms. The predicted octanol–water partition coefficient (Wildman–Crippen LogP) is 2.71. The summed E-state index contributed by atoms with van der Waals surface area (Å²) in [4.78, 5) is 39.6. The van der Waals surface area contributed by atoms with Crippen LogP contribution in [-0.2, 0) is 35.0 Å². The molecule has 1 aromatic rings. The molecule has 1 aliphatic heterocycles. The molecule has 176 valence electrons. The molecule has 1 saturated heterocycles. The zero-order valence-corrected chi connectivity index (χ0v) is 18.4. The van der Waals surface area contributed by atoms with Gasteiger partial charge in [0.2, 0.25) is 0 Å². The number of esters is 2. The highest BCUT2D eigenvalue weighted by Gasteiger charge is 2.55. The van der Waals surface area contributed by atoms with Gasteiger partial charge in [-0.05, 0) is 43.7 Å². The summed E-state index contributed by atoms with van der Waals surface area (Å²) in [7, 11) is 0. The number of fused-ring (bicyclic) bond motifs is 1. The molecule has 2 aliphatic rings. The van der Waals surface area contributed by atoms with Crippen molar-refractivity contribution in [2.45, 2.75) is 45.0 Å². The minimum Gasteiger partial charge on any atom is -0.465 e. The molecule has 1 amide bonds. The third kappa shape index (κ3) is 4.77. The van der Waals surface area contributed by atoms with Crippen LogP contribution in [0.5, 0.6) is 0 Å². The average Bonchev–Trinajstić information content (AvgIpc) is 2.79. The number of carbonyl (C=O) groups is 3. The normalized spacial score (nSPS) is 20.2. The molecule has 1 unspecified atom stereocenters. The molecule has 0 N–H and O–H groups in total. The van der Waals surface area contributed by atoms with Gasteiger partial charge >= 0.3 is 17.9 Å². The molecule has 9 heteroatoms. The summed E-state index contributed by atoms with van der Waals surface area (Å²) in [6.07, 6.45) is -1.03. The van der Waals surface area contributed by atoms with Crippen molar-refractivity contribution >= 4 is 17.8 Å². The predicted molar refractivity (Wildman–Crippen MR) is 110 cm³/mol. The molecular weight excluding hydrogens is 424 g/mol. The van der Waals surface area contributed by atoms with Gasteiger partial charge in [-0.2, -0.15) is 8.78 Å². The third-order valence-electron chi connectivity index (χ3n) is 6.03. The molecule has 0 spiro atoms. The number of halogens is 2. The number of hydrogen-bond donors (Lipinski definition) is 0. The van der Waals surface area contributed by atoms with Crippen LogP contribution >= 0.6 is 0 Å². The summed E-state index contributed by atoms with van der Waals surface area (Å²) >= 11 is 0. The minimum absolute atomic E-state index is 0.000319. The minimum atomic E-state index is -3.67. The van der Waals surface area contributed by atoms with Crippen LogP contribution in [0.3, 0.4) is 0 Å². The molecule has 0 saturated carbocycles. The first kappa shape index (κ1) is 24.1. The Kier molecular flexibility index (Phi) is 7.48. The first-order chi connectivity index (χ1) is 15.2. The highest BCUT2D eigenvalue weighted by atomic mass is 19.3. The van der Waals surface area contributed by atoms with E-state index in [9.17, 15) is 14.4 Å². The van der Waals surface area contributed by atoms with E-state index in [-0.39, 0.29) is 52.4 Å². The van der Waals surface area contributed by atoms with E-state index in [0.717, 1.165) is 4.90 Å². The number of hydrogen-bond acceptors (Lipinski definition) is 6. The van der Waals surface area contributed by atoms with Gasteiger partial charge < -0.3 is 19.1 Å². The van der Waals surface area contributed by atoms with E-state index in [0.29, 0.717) is 11.1 Å². The lowest BCUT2D eigenvalue weighted by Gasteiger charge is -2.39. The second-order valence-corrected chi connectivity index (χ2v) is 8.11. The summed E-state index contributed by atoms with van der Waals surface area (Å²) in [5.41, 5.74) is -0.533. The fraction of sp³-hybridized carbons (Fsp3) is 0.609. The van der Waals surface area contributed by atoms with Crippen molar-refractivity contribution < 1.29 is 37.4 Å². The molecule has 0 aromatic heterocycles. The smallest absolute Gasteiger partial charge is 0.325 e. The number of amides is 1. The Morgan fingerprint density at radius 3 is 2.28 bits per heavy atom. The molecule has 1 aromatic carbocycles. The molecule has 7 nitrogen and oxygen atoms in total. The molecule has 1 heterocycles. The topological polar surface area (TPSA) is 82.1 Å². The fourth-order valence-electron chi connectivity index (χ4n) is 4.53. The summed E-state index contributed by atoms with van der Waals surface area (Å²) in [5, 5.41) is 0. The van der Waals surface area contributed by atoms with Crippen LogP contribution in [0, 0.1) is 5.41 Å². The molecule has 1 aliphatic carbocycles. The van der Waals surface area contributed by atoms with Gasteiger partial charge in [0.25, 0.3) is 5.91 Å². The number of rotatable bonds is 7. The Morgan fingerprint density at radius 1 is 1.09 bits per heavy atom. The van der Waals surface area contributed by atoms with E-state index in [4.69, 9.17) is 14.2 Å². The SMILES string of the molecule is CCOC(=O)C1(C(=O)OCC)Cc2ccccc2C(CC(F)(F)C(=O)N2CCOCC2)C1. The maximum absolute atomic E-state index is 15.2. The summed E-state index contributed by atoms with van der Waals surface area (Å²) in [6.45, 7) is 3.93. The highest BCUT2D eigenvalue weighted by Crippen LogP contribution is 2.48. The van der Waals surface area contributed by atoms with E-state index in [2.05, 4.69) is 0 Å². The zero-order chi connectivity index (χ0) is 23.4. The maximum Gasteiger partial charge on any atom is 0.325 e. The van der Waals surface area contributed by atoms with Gasteiger partial charge in [-0.15, -0.1) is 0 Å². The lowest BCUT2D eigenvalue weighted by molar-refractivity contribution is -0.174. The second-order valence-electron chi connectivity index (χ2n) is 8.11. The Hall–Kier alpha value is -2.55. The number of morpholine rings is 1. The van der Waals surface area contributed by atoms with Crippen LogP contribution in [0.4, 0.5) is 8.78 Å². The largest absolute Gasteiger partial charge is 0.465 e. The maximum atomic E-state index is 15.2.